The van der Waals surface area contributed by atoms with Crippen molar-refractivity contribution in [2.75, 3.05) is 38.0 Å². The Balaban J connectivity index is 2.87. The fourth-order valence-corrected chi connectivity index (χ4v) is 2.27. The van der Waals surface area contributed by atoms with Gasteiger partial charge in [0.25, 0.3) is 11.6 Å². The molecule has 116 valence electrons. The van der Waals surface area contributed by atoms with Gasteiger partial charge in [0.2, 0.25) is 0 Å². The maximum atomic E-state index is 11.8. The number of hydrogen-bond donors (Lipinski definition) is 1. The van der Waals surface area contributed by atoms with Crippen LogP contribution in [0.1, 0.15) is 16.8 Å². The molecule has 1 aromatic carbocycles. The van der Waals surface area contributed by atoms with Gasteiger partial charge < -0.3 is 10.2 Å². The van der Waals surface area contributed by atoms with Crippen molar-refractivity contribution in [1.82, 2.24) is 4.90 Å². The smallest absolute Gasteiger partial charge is 0.293 e. The summed E-state index contributed by atoms with van der Waals surface area (Å²) < 4.78 is 10.9. The molecule has 1 atom stereocenters. The lowest BCUT2D eigenvalue weighted by Crippen LogP contribution is -2.21. The third-order valence-corrected chi connectivity index (χ3v) is 3.64. The molecule has 21 heavy (non-hydrogen) atoms. The topological polar surface area (TPSA) is 92.6 Å². The number of nitro groups is 1. The fourth-order valence-electron chi connectivity index (χ4n) is 1.72. The van der Waals surface area contributed by atoms with Gasteiger partial charge >= 0.3 is 0 Å². The van der Waals surface area contributed by atoms with Crippen molar-refractivity contribution in [3.63, 3.8) is 0 Å². The Morgan fingerprint density at radius 3 is 2.62 bits per heavy atom. The van der Waals surface area contributed by atoms with Gasteiger partial charge in [-0.05, 0) is 18.6 Å². The lowest BCUT2D eigenvalue weighted by Gasteiger charge is -2.12. The van der Waals surface area contributed by atoms with E-state index < -0.39 is 15.7 Å². The first-order valence-corrected chi connectivity index (χ1v) is 8.09. The third kappa shape index (κ3) is 5.14. The molecule has 0 radical (unpaired) electrons. The summed E-state index contributed by atoms with van der Waals surface area (Å²) >= 11 is 0. The highest BCUT2D eigenvalue weighted by molar-refractivity contribution is 7.84. The molecule has 0 aliphatic carbocycles. The average Bonchev–Trinajstić information content (AvgIpc) is 2.42. The van der Waals surface area contributed by atoms with E-state index in [-0.39, 0.29) is 17.2 Å². The summed E-state index contributed by atoms with van der Waals surface area (Å²) in [5.41, 5.74) is 0.490. The number of amides is 1. The Hall–Kier alpha value is -1.96. The van der Waals surface area contributed by atoms with E-state index in [9.17, 15) is 19.1 Å². The Bertz CT molecular complexity index is 560. The van der Waals surface area contributed by atoms with E-state index in [0.717, 1.165) is 0 Å². The predicted molar refractivity (Wildman–Crippen MR) is 83.2 cm³/mol. The van der Waals surface area contributed by atoms with E-state index >= 15 is 0 Å². The van der Waals surface area contributed by atoms with E-state index in [0.29, 0.717) is 24.4 Å². The molecule has 1 rings (SSSR count). The Labute approximate surface area is 125 Å². The first-order valence-electron chi connectivity index (χ1n) is 6.37. The van der Waals surface area contributed by atoms with Crippen LogP contribution in [0.4, 0.5) is 11.4 Å². The van der Waals surface area contributed by atoms with Crippen LogP contribution >= 0.6 is 0 Å². The molecule has 0 saturated carbocycles. The number of benzene rings is 1. The highest BCUT2D eigenvalue weighted by atomic mass is 32.2. The van der Waals surface area contributed by atoms with Crippen LogP contribution in [0.15, 0.2) is 18.2 Å². The average molecular weight is 313 g/mol. The Kier molecular flexibility index (Phi) is 6.29. The molecule has 0 spiro atoms. The number of anilines is 1. The maximum absolute atomic E-state index is 11.8. The lowest BCUT2D eigenvalue weighted by molar-refractivity contribution is -0.384. The van der Waals surface area contributed by atoms with Gasteiger partial charge in [0.05, 0.1) is 4.92 Å². The Morgan fingerprint density at radius 1 is 1.43 bits per heavy atom. The number of carbonyl (C=O) groups excluding carboxylic acids is 1. The molecule has 7 nitrogen and oxygen atoms in total. The number of hydrogen-bond acceptors (Lipinski definition) is 5. The minimum Gasteiger partial charge on any atom is -0.379 e. The highest BCUT2D eigenvalue weighted by Gasteiger charge is 2.18. The number of nitro benzene ring substituents is 1. The molecule has 8 heteroatoms. The van der Waals surface area contributed by atoms with Gasteiger partial charge in [0, 0.05) is 55.1 Å². The number of nitrogens with one attached hydrogen (secondary N) is 1. The molecule has 0 aromatic heterocycles. The molecular weight excluding hydrogens is 294 g/mol. The zero-order valence-electron chi connectivity index (χ0n) is 12.3. The molecule has 0 aliphatic heterocycles. The molecule has 0 aliphatic rings. The van der Waals surface area contributed by atoms with Crippen molar-refractivity contribution in [3.05, 3.63) is 33.9 Å². The van der Waals surface area contributed by atoms with Crippen LogP contribution in [0, 0.1) is 10.1 Å². The number of nitrogens with zero attached hydrogens (tertiary/aromatic N) is 2. The van der Waals surface area contributed by atoms with Crippen LogP contribution in [0.2, 0.25) is 0 Å². The first kappa shape index (κ1) is 17.1. The van der Waals surface area contributed by atoms with Crippen LogP contribution < -0.4 is 5.32 Å². The van der Waals surface area contributed by atoms with Crippen molar-refractivity contribution in [2.45, 2.75) is 6.42 Å². The molecule has 1 aromatic rings. The summed E-state index contributed by atoms with van der Waals surface area (Å²) in [7, 11) is 2.30. The van der Waals surface area contributed by atoms with E-state index in [1.165, 1.54) is 17.0 Å². The maximum Gasteiger partial charge on any atom is 0.293 e. The highest BCUT2D eigenvalue weighted by Crippen LogP contribution is 2.26. The predicted octanol–water partition coefficient (Wildman–Crippen LogP) is 1.48. The zero-order chi connectivity index (χ0) is 16.0. The minimum atomic E-state index is -0.877. The number of rotatable bonds is 7. The minimum absolute atomic E-state index is 0.139. The Morgan fingerprint density at radius 2 is 2.10 bits per heavy atom. The summed E-state index contributed by atoms with van der Waals surface area (Å²) in [6.07, 6.45) is 2.27. The molecule has 0 bridgehead atoms. The SMILES string of the molecule is CN(C)C(=O)c1ccc(NCCCS(C)=O)c([N+](=O)[O-])c1. The van der Waals surface area contributed by atoms with Crippen LogP contribution in [-0.2, 0) is 10.8 Å². The molecule has 1 N–H and O–H groups in total. The standard InChI is InChI=1S/C13H19N3O4S/c1-15(2)13(17)10-5-6-11(12(9-10)16(18)19)14-7-4-8-21(3)20/h5-6,9,14H,4,7-8H2,1-3H3. The summed E-state index contributed by atoms with van der Waals surface area (Å²) in [5.74, 6) is 0.254. The molecule has 1 amide bonds. The van der Waals surface area contributed by atoms with E-state index in [1.807, 2.05) is 0 Å². The van der Waals surface area contributed by atoms with Crippen LogP contribution in [-0.4, -0.2) is 52.6 Å². The van der Waals surface area contributed by atoms with E-state index in [1.54, 1.807) is 26.4 Å². The second kappa shape index (κ2) is 7.72. The van der Waals surface area contributed by atoms with E-state index in [4.69, 9.17) is 0 Å². The monoisotopic (exact) mass is 313 g/mol. The summed E-state index contributed by atoms with van der Waals surface area (Å²) in [6.45, 7) is 0.487. The molecule has 0 saturated heterocycles. The van der Waals surface area contributed by atoms with Gasteiger partial charge in [-0.3, -0.25) is 19.1 Å². The summed E-state index contributed by atoms with van der Waals surface area (Å²) in [6, 6.07) is 4.34. The van der Waals surface area contributed by atoms with Crippen LogP contribution in [0.3, 0.4) is 0 Å². The van der Waals surface area contributed by atoms with Gasteiger partial charge in [-0.25, -0.2) is 0 Å². The molecule has 0 fully saturated rings. The van der Waals surface area contributed by atoms with Gasteiger partial charge in [-0.2, -0.15) is 0 Å². The fraction of sp³-hybridized carbons (Fsp3) is 0.462. The number of carbonyl (C=O) groups is 1. The molecular formula is C13H19N3O4S. The van der Waals surface area contributed by atoms with Gasteiger partial charge in [0.1, 0.15) is 5.69 Å². The van der Waals surface area contributed by atoms with Crippen molar-refractivity contribution >= 4 is 28.1 Å². The second-order valence-electron chi connectivity index (χ2n) is 4.75. The normalized spacial score (nSPS) is 11.8. The van der Waals surface area contributed by atoms with Crippen molar-refractivity contribution < 1.29 is 13.9 Å². The second-order valence-corrected chi connectivity index (χ2v) is 6.30. The first-order chi connectivity index (χ1) is 9.82. The third-order valence-electron chi connectivity index (χ3n) is 2.77. The van der Waals surface area contributed by atoms with Gasteiger partial charge in [-0.15, -0.1) is 0 Å². The van der Waals surface area contributed by atoms with Crippen LogP contribution in [0.25, 0.3) is 0 Å². The summed E-state index contributed by atoms with van der Waals surface area (Å²) in [4.78, 5) is 23.8. The molecule has 1 unspecified atom stereocenters. The van der Waals surface area contributed by atoms with E-state index in [2.05, 4.69) is 5.32 Å². The van der Waals surface area contributed by atoms with Crippen molar-refractivity contribution in [2.24, 2.45) is 0 Å². The quantitative estimate of drug-likeness (QED) is 0.467. The summed E-state index contributed by atoms with van der Waals surface area (Å²) in [5, 5.41) is 14.0. The molecule has 0 heterocycles. The van der Waals surface area contributed by atoms with Gasteiger partial charge in [0.15, 0.2) is 0 Å². The van der Waals surface area contributed by atoms with Crippen molar-refractivity contribution in [3.8, 4) is 0 Å². The van der Waals surface area contributed by atoms with Crippen molar-refractivity contribution in [1.29, 1.82) is 0 Å². The largest absolute Gasteiger partial charge is 0.379 e. The lowest BCUT2D eigenvalue weighted by atomic mass is 10.1. The zero-order valence-corrected chi connectivity index (χ0v) is 13.1. The van der Waals surface area contributed by atoms with Crippen LogP contribution in [0.5, 0.6) is 0 Å². The van der Waals surface area contributed by atoms with Gasteiger partial charge in [-0.1, -0.05) is 0 Å².